The molecular weight excluding hydrogens is 452 g/mol. The molecule has 0 aliphatic heterocycles. The number of hydrazine groups is 1. The van der Waals surface area contributed by atoms with E-state index in [1.54, 1.807) is 35.7 Å². The number of para-hydroxylation sites is 1. The third kappa shape index (κ3) is 4.88. The number of rotatable bonds is 3. The van der Waals surface area contributed by atoms with Crippen LogP contribution < -0.4 is 16.2 Å². The molecule has 0 fully saturated rings. The van der Waals surface area contributed by atoms with Crippen LogP contribution in [-0.2, 0) is 0 Å². The molecule has 2 aromatic heterocycles. The molecule has 0 saturated heterocycles. The highest BCUT2D eigenvalue weighted by molar-refractivity contribution is 7.80. The lowest BCUT2D eigenvalue weighted by atomic mass is 10.0. The summed E-state index contributed by atoms with van der Waals surface area (Å²) in [5.41, 5.74) is 7.55. The largest absolute Gasteiger partial charge is 0.298 e. The van der Waals surface area contributed by atoms with E-state index in [1.807, 2.05) is 36.4 Å². The normalized spacial score (nSPS) is 10.5. The number of hydrogen-bond donors (Lipinski definition) is 3. The monoisotopic (exact) mass is 466 g/mol. The van der Waals surface area contributed by atoms with Crippen LogP contribution in [0.3, 0.4) is 0 Å². The minimum atomic E-state index is -0.420. The second-order valence-electron chi connectivity index (χ2n) is 6.42. The molecule has 154 valence electrons. The van der Waals surface area contributed by atoms with Gasteiger partial charge in [-0.3, -0.25) is 25.8 Å². The lowest BCUT2D eigenvalue weighted by molar-refractivity contribution is 0.0938. The number of nitrogens with one attached hydrogen (secondary N) is 3. The first-order chi connectivity index (χ1) is 15.0. The minimum Gasteiger partial charge on any atom is -0.298 e. The molecule has 4 rings (SSSR count). The summed E-state index contributed by atoms with van der Waals surface area (Å²) in [6.45, 7) is 0. The van der Waals surface area contributed by atoms with Crippen LogP contribution in [0.2, 0.25) is 5.02 Å². The maximum atomic E-state index is 13.0. The Morgan fingerprint density at radius 1 is 0.935 bits per heavy atom. The summed E-state index contributed by atoms with van der Waals surface area (Å²) >= 11 is 12.4. The van der Waals surface area contributed by atoms with Crippen molar-refractivity contribution in [1.82, 2.24) is 21.2 Å². The standard InChI is InChI=1S/C22H15ClN4O2S2/c23-14-9-7-13(8-10-14)18-12-16(15-4-1-2-5-17(15)24-18)20(28)25-22(30)27-26-21(29)19-6-3-11-31-19/h1-12H,(H,26,29)(H2,25,27,28,30). The Morgan fingerprint density at radius 3 is 2.45 bits per heavy atom. The van der Waals surface area contributed by atoms with Crippen LogP contribution in [0.5, 0.6) is 0 Å². The first-order valence-corrected chi connectivity index (χ1v) is 10.8. The van der Waals surface area contributed by atoms with Crippen LogP contribution in [0.4, 0.5) is 0 Å². The van der Waals surface area contributed by atoms with Gasteiger partial charge in [-0.25, -0.2) is 4.98 Å². The Balaban J connectivity index is 1.56. The molecule has 0 aliphatic carbocycles. The number of halogens is 1. The second kappa shape index (κ2) is 9.22. The molecule has 0 aliphatic rings. The molecule has 9 heteroatoms. The van der Waals surface area contributed by atoms with Gasteiger partial charge in [0, 0.05) is 16.0 Å². The van der Waals surface area contributed by atoms with E-state index in [1.165, 1.54) is 11.3 Å². The van der Waals surface area contributed by atoms with Crippen LogP contribution in [0.25, 0.3) is 22.2 Å². The van der Waals surface area contributed by atoms with E-state index in [9.17, 15) is 9.59 Å². The number of carbonyl (C=O) groups excluding carboxylic acids is 2. The van der Waals surface area contributed by atoms with Gasteiger partial charge in [0.1, 0.15) is 0 Å². The quantitative estimate of drug-likeness (QED) is 0.304. The summed E-state index contributed by atoms with van der Waals surface area (Å²) in [5, 5.41) is 5.67. The molecule has 0 radical (unpaired) electrons. The van der Waals surface area contributed by atoms with Gasteiger partial charge in [0.15, 0.2) is 5.11 Å². The molecule has 2 aromatic carbocycles. The van der Waals surface area contributed by atoms with Crippen molar-refractivity contribution >= 4 is 63.0 Å². The van der Waals surface area contributed by atoms with Crippen LogP contribution >= 0.6 is 35.2 Å². The first kappa shape index (κ1) is 20.9. The lowest BCUT2D eigenvalue weighted by Crippen LogP contribution is -2.48. The Hall–Kier alpha value is -3.33. The van der Waals surface area contributed by atoms with E-state index < -0.39 is 5.91 Å². The van der Waals surface area contributed by atoms with Crippen LogP contribution in [0, 0.1) is 0 Å². The number of aromatic nitrogens is 1. The Bertz CT molecular complexity index is 1270. The van der Waals surface area contributed by atoms with Crippen LogP contribution in [0.15, 0.2) is 72.1 Å². The Kier molecular flexibility index (Phi) is 6.22. The van der Waals surface area contributed by atoms with Crippen molar-refractivity contribution in [2.45, 2.75) is 0 Å². The fraction of sp³-hybridized carbons (Fsp3) is 0. The number of pyridine rings is 1. The van der Waals surface area contributed by atoms with Crippen molar-refractivity contribution < 1.29 is 9.59 Å². The number of amides is 2. The van der Waals surface area contributed by atoms with Gasteiger partial charge in [0.2, 0.25) is 0 Å². The molecular formula is C22H15ClN4O2S2. The maximum Gasteiger partial charge on any atom is 0.279 e. The third-order valence-corrected chi connectivity index (χ3v) is 5.69. The van der Waals surface area contributed by atoms with E-state index >= 15 is 0 Å². The van der Waals surface area contributed by atoms with Gasteiger partial charge in [0.25, 0.3) is 11.8 Å². The van der Waals surface area contributed by atoms with Crippen LogP contribution in [-0.4, -0.2) is 21.9 Å². The first-order valence-electron chi connectivity index (χ1n) is 9.12. The summed E-state index contributed by atoms with van der Waals surface area (Å²) < 4.78 is 0. The number of benzene rings is 2. The number of fused-ring (bicyclic) bond motifs is 1. The Labute approximate surface area is 192 Å². The van der Waals surface area contributed by atoms with E-state index in [2.05, 4.69) is 21.2 Å². The van der Waals surface area contributed by atoms with Crippen molar-refractivity contribution in [1.29, 1.82) is 0 Å². The van der Waals surface area contributed by atoms with E-state index in [0.717, 1.165) is 5.56 Å². The molecule has 2 amide bonds. The molecule has 0 atom stereocenters. The zero-order valence-electron chi connectivity index (χ0n) is 15.9. The minimum absolute atomic E-state index is 0.0242. The number of nitrogens with zero attached hydrogens (tertiary/aromatic N) is 1. The summed E-state index contributed by atoms with van der Waals surface area (Å²) in [6.07, 6.45) is 0. The molecule has 0 bridgehead atoms. The molecule has 31 heavy (non-hydrogen) atoms. The smallest absolute Gasteiger partial charge is 0.279 e. The van der Waals surface area contributed by atoms with Crippen LogP contribution in [0.1, 0.15) is 20.0 Å². The summed E-state index contributed by atoms with van der Waals surface area (Å²) in [7, 11) is 0. The van der Waals surface area contributed by atoms with E-state index in [0.29, 0.717) is 32.1 Å². The van der Waals surface area contributed by atoms with Gasteiger partial charge in [0.05, 0.1) is 21.7 Å². The van der Waals surface area contributed by atoms with E-state index in [4.69, 9.17) is 23.8 Å². The van der Waals surface area contributed by atoms with Crippen molar-refractivity contribution in [3.63, 3.8) is 0 Å². The topological polar surface area (TPSA) is 83.1 Å². The van der Waals surface area contributed by atoms with Gasteiger partial charge in [-0.1, -0.05) is 48.0 Å². The van der Waals surface area contributed by atoms with Gasteiger partial charge in [-0.2, -0.15) is 0 Å². The average Bonchev–Trinajstić information content (AvgIpc) is 3.32. The molecule has 2 heterocycles. The molecule has 3 N–H and O–H groups in total. The van der Waals surface area contributed by atoms with Crippen molar-refractivity contribution in [3.05, 3.63) is 87.6 Å². The summed E-state index contributed by atoms with van der Waals surface area (Å²) in [5.74, 6) is -0.761. The predicted molar refractivity (Wildman–Crippen MR) is 127 cm³/mol. The molecule has 0 spiro atoms. The predicted octanol–water partition coefficient (Wildman–Crippen LogP) is 4.57. The van der Waals surface area contributed by atoms with Gasteiger partial charge >= 0.3 is 0 Å². The second-order valence-corrected chi connectivity index (χ2v) is 8.21. The molecule has 6 nitrogen and oxygen atoms in total. The lowest BCUT2D eigenvalue weighted by Gasteiger charge is -2.12. The highest BCUT2D eigenvalue weighted by atomic mass is 35.5. The number of hydrogen-bond acceptors (Lipinski definition) is 5. The highest BCUT2D eigenvalue weighted by Crippen LogP contribution is 2.26. The fourth-order valence-electron chi connectivity index (χ4n) is 2.92. The molecule has 0 saturated carbocycles. The van der Waals surface area contributed by atoms with E-state index in [-0.39, 0.29) is 11.0 Å². The van der Waals surface area contributed by atoms with Crippen molar-refractivity contribution in [2.75, 3.05) is 0 Å². The van der Waals surface area contributed by atoms with Gasteiger partial charge < -0.3 is 0 Å². The number of thiocarbonyl (C=S) groups is 1. The zero-order chi connectivity index (χ0) is 21.8. The molecule has 4 aromatic rings. The zero-order valence-corrected chi connectivity index (χ0v) is 18.3. The number of thiophene rings is 1. The van der Waals surface area contributed by atoms with Crippen molar-refractivity contribution in [2.24, 2.45) is 0 Å². The highest BCUT2D eigenvalue weighted by Gasteiger charge is 2.15. The average molecular weight is 467 g/mol. The summed E-state index contributed by atoms with van der Waals surface area (Å²) in [6, 6.07) is 19.7. The Morgan fingerprint density at radius 2 is 1.71 bits per heavy atom. The third-order valence-electron chi connectivity index (χ3n) is 4.36. The fourth-order valence-corrected chi connectivity index (χ4v) is 3.81. The summed E-state index contributed by atoms with van der Waals surface area (Å²) in [4.78, 5) is 30.2. The van der Waals surface area contributed by atoms with Gasteiger partial charge in [-0.05, 0) is 47.9 Å². The van der Waals surface area contributed by atoms with Gasteiger partial charge in [-0.15, -0.1) is 11.3 Å². The maximum absolute atomic E-state index is 13.0. The molecule has 0 unspecified atom stereocenters. The SMILES string of the molecule is O=C(NNC(=S)NC(=O)c1cc(-c2ccc(Cl)cc2)nc2ccccc12)c1cccs1. The number of carbonyl (C=O) groups is 2. The van der Waals surface area contributed by atoms with Crippen molar-refractivity contribution in [3.8, 4) is 11.3 Å².